The molecule has 15 heteroatoms. The van der Waals surface area contributed by atoms with Gasteiger partial charge in [0.1, 0.15) is 17.3 Å². The quantitative estimate of drug-likeness (QED) is 0.100. The molecular formula is C49H49Cl2FN6O6. The van der Waals surface area contributed by atoms with Crippen LogP contribution in [0.5, 0.6) is 0 Å². The van der Waals surface area contributed by atoms with Crippen LogP contribution in [0, 0.1) is 23.1 Å². The lowest BCUT2D eigenvalue weighted by Crippen LogP contribution is -2.60. The molecule has 1 unspecified atom stereocenters. The Hall–Kier alpha value is -5.29. The number of piperidine rings is 1. The second-order valence-corrected chi connectivity index (χ2v) is 19.8. The first-order valence-electron chi connectivity index (χ1n) is 22.5. The minimum Gasteiger partial charge on any atom is -0.356 e. The molecule has 64 heavy (non-hydrogen) atoms. The van der Waals surface area contributed by atoms with Crippen molar-refractivity contribution in [2.75, 3.05) is 11.9 Å². The molecule has 3 aromatic rings. The predicted molar refractivity (Wildman–Crippen MR) is 237 cm³/mol. The van der Waals surface area contributed by atoms with E-state index in [2.05, 4.69) is 38.4 Å². The maximum Gasteiger partial charge on any atom is 0.255 e. The Morgan fingerprint density at radius 2 is 1.70 bits per heavy atom. The molecule has 3 aromatic carbocycles. The first kappa shape index (κ1) is 42.6. The summed E-state index contributed by atoms with van der Waals surface area (Å²) in [5, 5.41) is 16.0. The van der Waals surface area contributed by atoms with Gasteiger partial charge in [-0.15, -0.1) is 0 Å². The molecule has 3 aliphatic carbocycles. The van der Waals surface area contributed by atoms with Gasteiger partial charge in [-0.05, 0) is 105 Å². The first-order valence-corrected chi connectivity index (χ1v) is 23.2. The van der Waals surface area contributed by atoms with Gasteiger partial charge in [0.05, 0.1) is 16.5 Å². The number of carbonyl (C=O) groups excluding carboxylic acids is 6. The van der Waals surface area contributed by atoms with E-state index in [9.17, 15) is 24.0 Å². The molecule has 7 aliphatic rings. The molecule has 2 saturated heterocycles. The van der Waals surface area contributed by atoms with E-state index >= 15 is 9.18 Å². The second kappa shape index (κ2) is 16.0. The summed E-state index contributed by atoms with van der Waals surface area (Å²) in [6, 6.07) is 13.7. The van der Waals surface area contributed by atoms with Crippen LogP contribution < -0.4 is 26.6 Å². The molecular weight excluding hydrogens is 858 g/mol. The predicted octanol–water partition coefficient (Wildman–Crippen LogP) is 6.31. The van der Waals surface area contributed by atoms with Gasteiger partial charge in [0, 0.05) is 64.8 Å². The number of imide groups is 1. The molecule has 4 atom stereocenters. The smallest absolute Gasteiger partial charge is 0.255 e. The van der Waals surface area contributed by atoms with Gasteiger partial charge in [0.15, 0.2) is 0 Å². The van der Waals surface area contributed by atoms with E-state index in [-0.39, 0.29) is 59.5 Å². The number of unbranched alkanes of at least 4 members (excludes halogenated alkanes) is 1. The van der Waals surface area contributed by atoms with Crippen LogP contribution in [0.2, 0.25) is 10.0 Å². The molecule has 2 spiro atoms. The topological polar surface area (TPSA) is 166 Å². The highest BCUT2D eigenvalue weighted by atomic mass is 35.5. The number of anilines is 1. The second-order valence-electron chi connectivity index (χ2n) is 19.0. The molecule has 5 fully saturated rings. The van der Waals surface area contributed by atoms with Crippen LogP contribution in [-0.4, -0.2) is 70.0 Å². The number of halogens is 3. The van der Waals surface area contributed by atoms with Gasteiger partial charge in [-0.2, -0.15) is 0 Å². The zero-order valence-electron chi connectivity index (χ0n) is 35.3. The van der Waals surface area contributed by atoms with E-state index < -0.39 is 51.6 Å². The Kier molecular flexibility index (Phi) is 10.7. The summed E-state index contributed by atoms with van der Waals surface area (Å²) < 4.78 is 16.4. The average molecular weight is 908 g/mol. The minimum atomic E-state index is -1.34. The Morgan fingerprint density at radius 3 is 2.48 bits per heavy atom. The SMILES string of the molecule is O=C1CCC(N2Cc3c(C#CCCCNC(=O)C45CCC(NC(=O)[C@@H]6NC7(CCCCC7)[C@@]7(C(=O)Nc8cc(Cl)ccc87)[C@H]6c6cccc(Cl)c6F)(CC4)C5)cccc3C2=O)C(=O)N1. The molecule has 0 radical (unpaired) electrons. The van der Waals surface area contributed by atoms with Crippen molar-refractivity contribution in [1.82, 2.24) is 26.2 Å². The van der Waals surface area contributed by atoms with E-state index in [4.69, 9.17) is 23.2 Å². The third kappa shape index (κ3) is 6.65. The highest BCUT2D eigenvalue weighted by molar-refractivity contribution is 6.31. The Labute approximate surface area is 380 Å². The van der Waals surface area contributed by atoms with Crippen LogP contribution >= 0.6 is 23.2 Å². The molecule has 332 valence electrons. The number of hydrogen-bond donors (Lipinski definition) is 5. The molecule has 4 aliphatic heterocycles. The fraction of sp³-hybridized carbons (Fsp3) is 0.469. The number of benzene rings is 3. The summed E-state index contributed by atoms with van der Waals surface area (Å²) >= 11 is 12.9. The summed E-state index contributed by atoms with van der Waals surface area (Å²) in [6.07, 6.45) is 8.40. The number of rotatable bonds is 8. The molecule has 4 heterocycles. The van der Waals surface area contributed by atoms with Gasteiger partial charge >= 0.3 is 0 Å². The molecule has 0 aromatic heterocycles. The number of hydrogen-bond acceptors (Lipinski definition) is 7. The van der Waals surface area contributed by atoms with Gasteiger partial charge in [-0.1, -0.05) is 78.6 Å². The molecule has 5 N–H and O–H groups in total. The zero-order chi connectivity index (χ0) is 44.6. The largest absolute Gasteiger partial charge is 0.356 e. The van der Waals surface area contributed by atoms with Gasteiger partial charge in [-0.25, -0.2) is 4.39 Å². The lowest BCUT2D eigenvalue weighted by Gasteiger charge is -2.47. The number of nitrogens with one attached hydrogen (secondary N) is 5. The summed E-state index contributed by atoms with van der Waals surface area (Å²) in [4.78, 5) is 82.6. The highest BCUT2D eigenvalue weighted by Crippen LogP contribution is 2.63. The fourth-order valence-corrected chi connectivity index (χ4v) is 13.0. The van der Waals surface area contributed by atoms with Crippen molar-refractivity contribution >= 4 is 64.3 Å². The maximum atomic E-state index is 16.4. The van der Waals surface area contributed by atoms with Crippen molar-refractivity contribution in [2.45, 2.75) is 131 Å². The fourth-order valence-electron chi connectivity index (χ4n) is 12.7. The van der Waals surface area contributed by atoms with E-state index in [1.54, 1.807) is 36.4 Å². The Bertz CT molecular complexity index is 2590. The van der Waals surface area contributed by atoms with Crippen molar-refractivity contribution in [3.05, 3.63) is 98.3 Å². The van der Waals surface area contributed by atoms with Gasteiger partial charge in [0.2, 0.25) is 29.5 Å². The standard InChI is InChI=1S/C49H49Cl2FN6O6/c50-29-14-15-33-35(25-29)54-45(64)49(33)38(31-12-8-13-34(51)39(31)52)40(56-48(49)18-4-2-5-19-48)42(61)57-47-22-20-46(27-47,21-23-47)44(63)53-24-6-1-3-9-28-10-7-11-30-32(28)26-58(43(30)62)36-16-17-37(59)55-41(36)60/h7-8,10-15,25,36,38,40,56H,1-2,4-6,16-24,26-27H2,(H,53,63)(H,54,64)(H,57,61)(H,55,59,60)/t36?,38-,40+,46?,47?,49+/m0/s1. The minimum absolute atomic E-state index is 0.0436. The lowest BCUT2D eigenvalue weighted by molar-refractivity contribution is -0.137. The van der Waals surface area contributed by atoms with Crippen LogP contribution in [0.3, 0.4) is 0 Å². The van der Waals surface area contributed by atoms with Gasteiger partial charge in [-0.3, -0.25) is 39.4 Å². The summed E-state index contributed by atoms with van der Waals surface area (Å²) in [5.41, 5.74) is -0.0347. The van der Waals surface area contributed by atoms with Crippen molar-refractivity contribution in [2.24, 2.45) is 5.41 Å². The molecule has 2 bridgehead atoms. The maximum absolute atomic E-state index is 16.4. The Morgan fingerprint density at radius 1 is 0.922 bits per heavy atom. The zero-order valence-corrected chi connectivity index (χ0v) is 36.8. The third-order valence-corrected chi connectivity index (χ3v) is 16.1. The van der Waals surface area contributed by atoms with E-state index in [1.807, 2.05) is 12.1 Å². The van der Waals surface area contributed by atoms with E-state index in [1.165, 1.54) is 11.0 Å². The van der Waals surface area contributed by atoms with E-state index in [0.717, 1.165) is 24.8 Å². The molecule has 12 nitrogen and oxygen atoms in total. The van der Waals surface area contributed by atoms with Gasteiger partial charge in [0.25, 0.3) is 5.91 Å². The number of carbonyl (C=O) groups is 6. The van der Waals surface area contributed by atoms with Crippen LogP contribution in [-0.2, 0) is 35.9 Å². The Balaban J connectivity index is 0.817. The molecule has 3 saturated carbocycles. The van der Waals surface area contributed by atoms with Crippen molar-refractivity contribution < 1.29 is 33.2 Å². The summed E-state index contributed by atoms with van der Waals surface area (Å²) in [6.45, 7) is 0.660. The van der Waals surface area contributed by atoms with Crippen molar-refractivity contribution in [3.63, 3.8) is 0 Å². The number of nitrogens with zero attached hydrogens (tertiary/aromatic N) is 1. The third-order valence-electron chi connectivity index (χ3n) is 15.6. The molecule has 6 amide bonds. The van der Waals surface area contributed by atoms with Crippen molar-refractivity contribution in [3.8, 4) is 11.8 Å². The lowest BCUT2D eigenvalue weighted by atomic mass is 9.55. The monoisotopic (exact) mass is 906 g/mol. The normalized spacial score (nSPS) is 29.6. The van der Waals surface area contributed by atoms with Crippen LogP contribution in [0.25, 0.3) is 0 Å². The van der Waals surface area contributed by atoms with Crippen molar-refractivity contribution in [1.29, 1.82) is 0 Å². The first-order chi connectivity index (χ1) is 30.8. The van der Waals surface area contributed by atoms with Gasteiger partial charge < -0.3 is 20.9 Å². The number of amides is 6. The summed E-state index contributed by atoms with van der Waals surface area (Å²) in [5.74, 6) is 3.07. The number of fused-ring (bicyclic) bond motifs is 6. The van der Waals surface area contributed by atoms with E-state index in [0.29, 0.717) is 91.7 Å². The molecule has 10 rings (SSSR count). The van der Waals surface area contributed by atoms with Crippen LogP contribution in [0.15, 0.2) is 54.6 Å². The van der Waals surface area contributed by atoms with Crippen LogP contribution in [0.4, 0.5) is 10.1 Å². The van der Waals surface area contributed by atoms with Crippen LogP contribution in [0.1, 0.15) is 128 Å². The summed E-state index contributed by atoms with van der Waals surface area (Å²) in [7, 11) is 0. The average Bonchev–Trinajstić information content (AvgIpc) is 4.07. The highest BCUT2D eigenvalue weighted by Gasteiger charge is 2.73.